The zero-order valence-electron chi connectivity index (χ0n) is 23.5. The number of fused-ring (bicyclic) bond motifs is 1. The summed E-state index contributed by atoms with van der Waals surface area (Å²) in [6, 6.07) is 22.3. The fourth-order valence-corrected chi connectivity index (χ4v) is 4.01. The summed E-state index contributed by atoms with van der Waals surface area (Å²) in [6.45, 7) is 2.31. The van der Waals surface area contributed by atoms with Gasteiger partial charge in [-0.05, 0) is 65.7 Å². The molecule has 0 saturated carbocycles. The van der Waals surface area contributed by atoms with Crippen LogP contribution in [0.2, 0.25) is 0 Å². The lowest BCUT2D eigenvalue weighted by atomic mass is 10.0. The van der Waals surface area contributed by atoms with E-state index in [-0.39, 0.29) is 17.9 Å². The van der Waals surface area contributed by atoms with Crippen LogP contribution >= 0.6 is 0 Å². The van der Waals surface area contributed by atoms with E-state index in [0.29, 0.717) is 35.0 Å². The third-order valence-corrected chi connectivity index (χ3v) is 6.13. The van der Waals surface area contributed by atoms with E-state index in [1.54, 1.807) is 42.5 Å². The highest BCUT2D eigenvalue weighted by Crippen LogP contribution is 2.30. The van der Waals surface area contributed by atoms with E-state index in [2.05, 4.69) is 15.8 Å². The van der Waals surface area contributed by atoms with Crippen molar-refractivity contribution in [2.75, 3.05) is 27.4 Å². The van der Waals surface area contributed by atoms with E-state index in [1.807, 2.05) is 37.3 Å². The Kier molecular flexibility index (Phi) is 10.1. The summed E-state index contributed by atoms with van der Waals surface area (Å²) in [5.41, 5.74) is 3.54. The van der Waals surface area contributed by atoms with Crippen molar-refractivity contribution in [3.63, 3.8) is 0 Å². The fourth-order valence-electron chi connectivity index (χ4n) is 4.01. The van der Waals surface area contributed by atoms with Gasteiger partial charge in [0.15, 0.2) is 11.5 Å². The van der Waals surface area contributed by atoms with Crippen LogP contribution in [0.1, 0.15) is 39.6 Å². The van der Waals surface area contributed by atoms with Crippen LogP contribution < -0.4 is 29.7 Å². The molecule has 0 aliphatic rings. The monoisotopic (exact) mass is 569 g/mol. The first-order valence-electron chi connectivity index (χ1n) is 13.2. The van der Waals surface area contributed by atoms with Gasteiger partial charge in [0.25, 0.3) is 11.8 Å². The number of nitrogens with zero attached hydrogens (tertiary/aromatic N) is 1. The molecule has 2 N–H and O–H groups in total. The van der Waals surface area contributed by atoms with Crippen molar-refractivity contribution in [2.45, 2.75) is 13.3 Å². The molecule has 0 fully saturated rings. The van der Waals surface area contributed by atoms with Crippen molar-refractivity contribution < 1.29 is 33.3 Å². The number of hydrogen-bond donors (Lipinski definition) is 2. The van der Waals surface area contributed by atoms with E-state index in [9.17, 15) is 14.4 Å². The van der Waals surface area contributed by atoms with Crippen molar-refractivity contribution in [2.24, 2.45) is 5.10 Å². The first kappa shape index (κ1) is 29.6. The van der Waals surface area contributed by atoms with Gasteiger partial charge in [0.05, 0.1) is 39.1 Å². The number of hydrazone groups is 1. The Labute approximate surface area is 243 Å². The molecule has 0 bridgehead atoms. The molecule has 10 heteroatoms. The maximum absolute atomic E-state index is 13.0. The van der Waals surface area contributed by atoms with Gasteiger partial charge in [-0.2, -0.15) is 5.10 Å². The summed E-state index contributed by atoms with van der Waals surface area (Å²) in [4.78, 5) is 37.8. The van der Waals surface area contributed by atoms with Crippen LogP contribution in [-0.4, -0.2) is 51.4 Å². The van der Waals surface area contributed by atoms with E-state index >= 15 is 0 Å². The predicted molar refractivity (Wildman–Crippen MR) is 159 cm³/mol. The van der Waals surface area contributed by atoms with Crippen LogP contribution in [-0.2, 0) is 4.79 Å². The number of nitrogens with one attached hydrogen (secondary N) is 2. The molecule has 0 saturated heterocycles. The summed E-state index contributed by atoms with van der Waals surface area (Å²) in [5.74, 6) is 0.224. The smallest absolute Gasteiger partial charge is 0.343 e. The molecule has 0 aliphatic heterocycles. The molecule has 0 spiro atoms. The molecule has 0 unspecified atom stereocenters. The molecule has 2 amide bonds. The van der Waals surface area contributed by atoms with Crippen LogP contribution in [0.5, 0.6) is 23.0 Å². The zero-order chi connectivity index (χ0) is 29.9. The van der Waals surface area contributed by atoms with Gasteiger partial charge >= 0.3 is 5.97 Å². The van der Waals surface area contributed by atoms with Crippen LogP contribution in [0, 0.1) is 0 Å². The number of carbonyl (C=O) groups excluding carboxylic acids is 3. The Bertz CT molecular complexity index is 1600. The topological polar surface area (TPSA) is 125 Å². The Morgan fingerprint density at radius 3 is 2.29 bits per heavy atom. The maximum atomic E-state index is 13.0. The van der Waals surface area contributed by atoms with Crippen molar-refractivity contribution in [1.29, 1.82) is 0 Å². The average molecular weight is 570 g/mol. The number of methoxy groups -OCH3 is 2. The van der Waals surface area contributed by atoms with E-state index in [1.165, 1.54) is 26.5 Å². The van der Waals surface area contributed by atoms with Gasteiger partial charge in [0.2, 0.25) is 0 Å². The van der Waals surface area contributed by atoms with Crippen LogP contribution in [0.25, 0.3) is 10.8 Å². The molecule has 4 aromatic rings. The number of carbonyl (C=O) groups is 3. The maximum Gasteiger partial charge on any atom is 0.343 e. The third kappa shape index (κ3) is 7.42. The quantitative estimate of drug-likeness (QED) is 0.109. The Morgan fingerprint density at radius 1 is 0.833 bits per heavy atom. The standard InChI is InChI=1S/C32H31N3O7/c1-4-17-41-24-13-9-22(10-14-24)31(37)33-20-30(36)35-34-19-26-25-8-6-5-7-21(25)11-15-27(26)42-32(38)23-12-16-28(39-2)29(18-23)40-3/h5-16,18-19H,4,17,20H2,1-3H3,(H,33,37)(H,35,36)/b34-19+. The van der Waals surface area contributed by atoms with Crippen LogP contribution in [0.3, 0.4) is 0 Å². The van der Waals surface area contributed by atoms with E-state index in [4.69, 9.17) is 18.9 Å². The molecular formula is C32H31N3O7. The van der Waals surface area contributed by atoms with Gasteiger partial charge in [0.1, 0.15) is 11.5 Å². The first-order chi connectivity index (χ1) is 20.4. The molecule has 0 radical (unpaired) electrons. The molecule has 10 nitrogen and oxygen atoms in total. The van der Waals surface area contributed by atoms with Gasteiger partial charge in [-0.1, -0.05) is 37.3 Å². The number of ether oxygens (including phenoxy) is 4. The SMILES string of the molecule is CCCOc1ccc(C(=O)NCC(=O)N/N=C/c2c(OC(=O)c3ccc(OC)c(OC)c3)ccc3ccccc23)cc1. The third-order valence-electron chi connectivity index (χ3n) is 6.13. The molecule has 0 aromatic heterocycles. The molecule has 0 atom stereocenters. The Hall–Kier alpha value is -5.38. The Morgan fingerprint density at radius 2 is 1.55 bits per heavy atom. The van der Waals surface area contributed by atoms with Crippen molar-refractivity contribution in [3.05, 3.63) is 95.6 Å². The lowest BCUT2D eigenvalue weighted by molar-refractivity contribution is -0.120. The second kappa shape index (κ2) is 14.3. The van der Waals surface area contributed by atoms with Gasteiger partial charge in [0, 0.05) is 11.1 Å². The minimum Gasteiger partial charge on any atom is -0.494 e. The predicted octanol–water partition coefficient (Wildman–Crippen LogP) is 4.75. The summed E-state index contributed by atoms with van der Waals surface area (Å²) >= 11 is 0. The summed E-state index contributed by atoms with van der Waals surface area (Å²) in [7, 11) is 2.98. The second-order valence-electron chi connectivity index (χ2n) is 9.01. The fraction of sp³-hybridized carbons (Fsp3) is 0.188. The molecule has 4 aromatic carbocycles. The highest BCUT2D eigenvalue weighted by atomic mass is 16.5. The lowest BCUT2D eigenvalue weighted by Gasteiger charge is -2.12. The summed E-state index contributed by atoms with van der Waals surface area (Å²) < 4.78 is 21.8. The van der Waals surface area contributed by atoms with Gasteiger partial charge in [-0.15, -0.1) is 0 Å². The number of esters is 1. The summed E-state index contributed by atoms with van der Waals surface area (Å²) in [5, 5.41) is 8.25. The molecule has 42 heavy (non-hydrogen) atoms. The van der Waals surface area contributed by atoms with Gasteiger partial charge < -0.3 is 24.3 Å². The number of benzene rings is 4. The minimum absolute atomic E-state index is 0.242. The van der Waals surface area contributed by atoms with Crippen molar-refractivity contribution in [1.82, 2.24) is 10.7 Å². The number of rotatable bonds is 12. The average Bonchev–Trinajstić information content (AvgIpc) is 3.03. The molecule has 216 valence electrons. The second-order valence-corrected chi connectivity index (χ2v) is 9.01. The van der Waals surface area contributed by atoms with E-state index in [0.717, 1.165) is 17.2 Å². The van der Waals surface area contributed by atoms with Gasteiger partial charge in [-0.25, -0.2) is 10.2 Å². The molecule has 0 aliphatic carbocycles. The van der Waals surface area contributed by atoms with E-state index < -0.39 is 17.8 Å². The number of hydrogen-bond acceptors (Lipinski definition) is 8. The molecule has 0 heterocycles. The minimum atomic E-state index is -0.613. The zero-order valence-corrected chi connectivity index (χ0v) is 23.5. The van der Waals surface area contributed by atoms with Crippen molar-refractivity contribution in [3.8, 4) is 23.0 Å². The lowest BCUT2D eigenvalue weighted by Crippen LogP contribution is -2.34. The molecular weight excluding hydrogens is 538 g/mol. The van der Waals surface area contributed by atoms with Crippen molar-refractivity contribution >= 4 is 34.8 Å². The summed E-state index contributed by atoms with van der Waals surface area (Å²) in [6.07, 6.45) is 2.28. The van der Waals surface area contributed by atoms with Gasteiger partial charge in [-0.3, -0.25) is 9.59 Å². The first-order valence-corrected chi connectivity index (χ1v) is 13.2. The molecule has 4 rings (SSSR count). The van der Waals surface area contributed by atoms with Crippen LogP contribution in [0.15, 0.2) is 84.0 Å². The highest BCUT2D eigenvalue weighted by molar-refractivity contribution is 6.04. The normalized spacial score (nSPS) is 10.7. The largest absolute Gasteiger partial charge is 0.494 e. The number of amides is 2. The Balaban J connectivity index is 1.43. The highest BCUT2D eigenvalue weighted by Gasteiger charge is 2.16. The van der Waals surface area contributed by atoms with Crippen LogP contribution in [0.4, 0.5) is 0 Å².